The van der Waals surface area contributed by atoms with Crippen molar-refractivity contribution in [1.82, 2.24) is 9.80 Å². The number of benzene rings is 1. The van der Waals surface area contributed by atoms with Crippen LogP contribution in [0.4, 0.5) is 0 Å². The summed E-state index contributed by atoms with van der Waals surface area (Å²) in [5.41, 5.74) is 1.73. The molecule has 1 N–H and O–H groups in total. The Morgan fingerprint density at radius 1 is 1.27 bits per heavy atom. The number of fused-ring (bicyclic) bond motifs is 1. The number of likely N-dealkylation sites (N-methyl/N-ethyl adjacent to an activating group) is 1. The molecular weight excluding hydrogens is 332 g/mol. The second kappa shape index (κ2) is 7.08. The molecule has 2 aliphatic heterocycles. The van der Waals surface area contributed by atoms with Crippen LogP contribution in [0.15, 0.2) is 12.1 Å². The van der Waals surface area contributed by atoms with Crippen molar-refractivity contribution in [2.24, 2.45) is 5.92 Å². The lowest BCUT2D eigenvalue weighted by Crippen LogP contribution is -2.50. The smallest absolute Gasteiger partial charge is 0.223 e. The van der Waals surface area contributed by atoms with Gasteiger partial charge in [0, 0.05) is 43.6 Å². The van der Waals surface area contributed by atoms with E-state index in [1.807, 2.05) is 24.1 Å². The zero-order valence-corrected chi connectivity index (χ0v) is 16.4. The molecule has 0 radical (unpaired) electrons. The first-order valence-electron chi connectivity index (χ1n) is 9.20. The van der Waals surface area contributed by atoms with Gasteiger partial charge < -0.3 is 24.4 Å². The van der Waals surface area contributed by atoms with Gasteiger partial charge in [0.2, 0.25) is 5.91 Å². The number of nitrogens with zero attached hydrogens (tertiary/aromatic N) is 2. The van der Waals surface area contributed by atoms with Crippen LogP contribution in [0.2, 0.25) is 0 Å². The van der Waals surface area contributed by atoms with Crippen molar-refractivity contribution in [3.05, 3.63) is 23.3 Å². The number of ether oxygens (including phenoxy) is 2. The molecule has 1 aromatic rings. The van der Waals surface area contributed by atoms with Gasteiger partial charge in [0.05, 0.1) is 25.9 Å². The minimum absolute atomic E-state index is 0.00228. The first kappa shape index (κ1) is 19.0. The monoisotopic (exact) mass is 362 g/mol. The van der Waals surface area contributed by atoms with Crippen LogP contribution in [-0.4, -0.2) is 67.8 Å². The number of β-amino-alcohol motifs (C(OH)–C–C–N with tert-alkyl or cyclic N) is 1. The number of carbonyl (C=O) groups is 1. The van der Waals surface area contributed by atoms with E-state index < -0.39 is 11.6 Å². The minimum atomic E-state index is -0.474. The van der Waals surface area contributed by atoms with Gasteiger partial charge in [-0.2, -0.15) is 0 Å². The van der Waals surface area contributed by atoms with Crippen LogP contribution >= 0.6 is 0 Å². The van der Waals surface area contributed by atoms with E-state index in [0.717, 1.165) is 35.6 Å². The number of amides is 1. The summed E-state index contributed by atoms with van der Waals surface area (Å²) >= 11 is 0. The molecule has 0 spiro atoms. The van der Waals surface area contributed by atoms with Gasteiger partial charge in [-0.25, -0.2) is 0 Å². The Labute approximate surface area is 155 Å². The third-order valence-electron chi connectivity index (χ3n) is 5.83. The van der Waals surface area contributed by atoms with Crippen molar-refractivity contribution in [1.29, 1.82) is 0 Å². The lowest BCUT2D eigenvalue weighted by Gasteiger charge is -2.45. The highest BCUT2D eigenvalue weighted by atomic mass is 16.5. The number of carbonyl (C=O) groups excluding carboxylic acids is 1. The molecular formula is C20H30N2O4. The molecule has 26 heavy (non-hydrogen) atoms. The van der Waals surface area contributed by atoms with Crippen LogP contribution in [0.1, 0.15) is 31.4 Å². The lowest BCUT2D eigenvalue weighted by molar-refractivity contribution is -0.139. The maximum Gasteiger partial charge on any atom is 0.223 e. The highest BCUT2D eigenvalue weighted by Gasteiger charge is 2.41. The zero-order valence-electron chi connectivity index (χ0n) is 16.4. The van der Waals surface area contributed by atoms with Crippen molar-refractivity contribution in [2.75, 3.05) is 40.9 Å². The van der Waals surface area contributed by atoms with Gasteiger partial charge >= 0.3 is 0 Å². The fourth-order valence-electron chi connectivity index (χ4n) is 4.50. The van der Waals surface area contributed by atoms with E-state index in [4.69, 9.17) is 9.47 Å². The van der Waals surface area contributed by atoms with Crippen molar-refractivity contribution in [2.45, 2.75) is 38.3 Å². The maximum absolute atomic E-state index is 13.1. The van der Waals surface area contributed by atoms with E-state index in [1.54, 1.807) is 14.2 Å². The first-order valence-corrected chi connectivity index (χ1v) is 9.20. The van der Waals surface area contributed by atoms with Crippen molar-refractivity contribution in [3.63, 3.8) is 0 Å². The summed E-state index contributed by atoms with van der Waals surface area (Å²) in [6.07, 6.45) is 0.719. The Morgan fingerprint density at radius 2 is 2.00 bits per heavy atom. The topological polar surface area (TPSA) is 62.2 Å². The summed E-state index contributed by atoms with van der Waals surface area (Å²) in [5.74, 6) is 1.62. The van der Waals surface area contributed by atoms with Gasteiger partial charge in [-0.1, -0.05) is 0 Å². The van der Waals surface area contributed by atoms with Crippen LogP contribution in [0, 0.1) is 5.92 Å². The van der Waals surface area contributed by atoms with Gasteiger partial charge in [0.25, 0.3) is 0 Å². The number of rotatable bonds is 4. The minimum Gasteiger partial charge on any atom is -0.497 e. The third-order valence-corrected chi connectivity index (χ3v) is 5.83. The fourth-order valence-corrected chi connectivity index (χ4v) is 4.50. The van der Waals surface area contributed by atoms with Crippen LogP contribution in [-0.2, 0) is 16.8 Å². The number of likely N-dealkylation sites (tertiary alicyclic amines) is 1. The van der Waals surface area contributed by atoms with Crippen molar-refractivity contribution >= 4 is 5.91 Å². The Morgan fingerprint density at radius 3 is 2.58 bits per heavy atom. The van der Waals surface area contributed by atoms with Crippen LogP contribution in [0.5, 0.6) is 11.5 Å². The molecule has 0 bridgehead atoms. The summed E-state index contributed by atoms with van der Waals surface area (Å²) < 4.78 is 11.0. The number of hydrogen-bond acceptors (Lipinski definition) is 5. The van der Waals surface area contributed by atoms with Crippen LogP contribution in [0.25, 0.3) is 0 Å². The molecule has 2 atom stereocenters. The second-order valence-corrected chi connectivity index (χ2v) is 7.97. The molecule has 0 aliphatic carbocycles. The molecule has 0 saturated carbocycles. The Kier molecular flexibility index (Phi) is 5.17. The van der Waals surface area contributed by atoms with Crippen LogP contribution < -0.4 is 9.47 Å². The average molecular weight is 362 g/mol. The van der Waals surface area contributed by atoms with Gasteiger partial charge in [0.15, 0.2) is 0 Å². The van der Waals surface area contributed by atoms with Gasteiger partial charge in [-0.05, 0) is 38.9 Å². The molecule has 0 aromatic heterocycles. The molecule has 2 heterocycles. The van der Waals surface area contributed by atoms with E-state index in [-0.39, 0.29) is 11.8 Å². The molecule has 6 nitrogen and oxygen atoms in total. The quantitative estimate of drug-likeness (QED) is 0.882. The van der Waals surface area contributed by atoms with Crippen LogP contribution in [0.3, 0.4) is 0 Å². The number of aliphatic hydroxyl groups excluding tert-OH is 1. The predicted molar refractivity (Wildman–Crippen MR) is 99.6 cm³/mol. The highest BCUT2D eigenvalue weighted by molar-refractivity contribution is 5.78. The lowest BCUT2D eigenvalue weighted by atomic mass is 9.81. The second-order valence-electron chi connectivity index (χ2n) is 7.97. The fraction of sp³-hybridized carbons (Fsp3) is 0.650. The molecule has 144 valence electrons. The van der Waals surface area contributed by atoms with Gasteiger partial charge in [0.1, 0.15) is 11.5 Å². The maximum atomic E-state index is 13.1. The van der Waals surface area contributed by atoms with E-state index in [2.05, 4.69) is 18.7 Å². The number of methoxy groups -OCH3 is 2. The Bertz CT molecular complexity index is 671. The number of aliphatic hydroxyl groups is 1. The standard InChI is InChI=1S/C20H30N2O4/c1-20(2)19-13(8-15(25-4)10-17(19)26-5)6-7-22(20)18(24)9-14-11-21(3)12-16(14)23/h8,10,14,16,23H,6-7,9,11-12H2,1-5H3/t14-,16-/m1/s1. The highest BCUT2D eigenvalue weighted by Crippen LogP contribution is 2.43. The molecule has 2 aliphatic rings. The molecule has 0 unspecified atom stereocenters. The van der Waals surface area contributed by atoms with E-state index in [0.29, 0.717) is 19.5 Å². The number of hydrogen-bond donors (Lipinski definition) is 1. The largest absolute Gasteiger partial charge is 0.497 e. The first-order chi connectivity index (χ1) is 12.3. The zero-order chi connectivity index (χ0) is 19.1. The summed E-state index contributed by atoms with van der Waals surface area (Å²) in [7, 11) is 5.28. The molecule has 1 saturated heterocycles. The third kappa shape index (κ3) is 3.28. The Hall–Kier alpha value is -1.79. The van der Waals surface area contributed by atoms with E-state index in [1.165, 1.54) is 0 Å². The SMILES string of the molecule is COc1cc2c(c(OC)c1)C(C)(C)N(C(=O)C[C@@H]1CN(C)C[C@H]1O)CC2. The van der Waals surface area contributed by atoms with E-state index in [9.17, 15) is 9.90 Å². The van der Waals surface area contributed by atoms with Gasteiger partial charge in [-0.3, -0.25) is 4.79 Å². The molecule has 1 aromatic carbocycles. The summed E-state index contributed by atoms with van der Waals surface area (Å²) in [4.78, 5) is 17.1. The summed E-state index contributed by atoms with van der Waals surface area (Å²) in [6.45, 7) is 6.19. The molecule has 1 amide bonds. The van der Waals surface area contributed by atoms with E-state index >= 15 is 0 Å². The normalized spacial score (nSPS) is 25.1. The summed E-state index contributed by atoms with van der Waals surface area (Å²) in [6, 6.07) is 3.92. The summed E-state index contributed by atoms with van der Waals surface area (Å²) in [5, 5.41) is 10.2. The average Bonchev–Trinajstić information content (AvgIpc) is 2.90. The van der Waals surface area contributed by atoms with Crippen molar-refractivity contribution in [3.8, 4) is 11.5 Å². The van der Waals surface area contributed by atoms with Crippen molar-refractivity contribution < 1.29 is 19.4 Å². The molecule has 6 heteroatoms. The Balaban J connectivity index is 1.87. The molecule has 3 rings (SSSR count). The molecule has 1 fully saturated rings. The predicted octanol–water partition coefficient (Wildman–Crippen LogP) is 1.64. The van der Waals surface area contributed by atoms with Gasteiger partial charge in [-0.15, -0.1) is 0 Å².